The molecule has 0 spiro atoms. The summed E-state index contributed by atoms with van der Waals surface area (Å²) in [4.78, 5) is 69.4. The average molecular weight is 810 g/mol. The fourth-order valence-electron chi connectivity index (χ4n) is 7.12. The summed E-state index contributed by atoms with van der Waals surface area (Å²) in [7, 11) is 0. The van der Waals surface area contributed by atoms with Gasteiger partial charge in [-0.05, 0) is 52.8 Å². The molecule has 3 atom stereocenters. The van der Waals surface area contributed by atoms with Gasteiger partial charge in [0.05, 0.1) is 6.61 Å². The minimum Gasteiger partial charge on any atom is -0.451 e. The molecule has 0 aliphatic carbocycles. The number of nitrogens with one attached hydrogen (secondary N) is 2. The van der Waals surface area contributed by atoms with Crippen LogP contribution < -0.4 is 10.6 Å². The Morgan fingerprint density at radius 1 is 0.695 bits per heavy atom. The maximum Gasteiger partial charge on any atom is 0.356 e. The first-order valence-electron chi connectivity index (χ1n) is 19.4. The number of hydrogen-bond donors (Lipinski definition) is 3. The van der Waals surface area contributed by atoms with E-state index < -0.39 is 65.9 Å². The van der Waals surface area contributed by atoms with E-state index in [0.717, 1.165) is 22.3 Å². The number of fused-ring (bicyclic) bond motifs is 1. The summed E-state index contributed by atoms with van der Waals surface area (Å²) >= 11 is 1.33. The smallest absolute Gasteiger partial charge is 0.356 e. The summed E-state index contributed by atoms with van der Waals surface area (Å²) in [5.41, 5.74) is 3.67. The third-order valence-electron chi connectivity index (χ3n) is 10.1. The molecule has 0 radical (unpaired) electrons. The van der Waals surface area contributed by atoms with Crippen molar-refractivity contribution >= 4 is 41.4 Å². The molecular weight excluding hydrogens is 767 g/mol. The lowest BCUT2D eigenvalue weighted by molar-refractivity contribution is -0.154. The fraction of sp³-hybridized carbons (Fsp3) is 0.213. The fourth-order valence-corrected chi connectivity index (χ4v) is 8.45. The molecule has 3 N–H and O–H groups in total. The van der Waals surface area contributed by atoms with Gasteiger partial charge in [0.25, 0.3) is 11.8 Å². The van der Waals surface area contributed by atoms with Crippen LogP contribution in [-0.2, 0) is 28.7 Å². The highest BCUT2D eigenvalue weighted by atomic mass is 32.2. The Morgan fingerprint density at radius 2 is 1.17 bits per heavy atom. The van der Waals surface area contributed by atoms with Crippen LogP contribution in [0.2, 0.25) is 0 Å². The van der Waals surface area contributed by atoms with Crippen LogP contribution in [0.4, 0.5) is 0 Å². The van der Waals surface area contributed by atoms with Crippen molar-refractivity contribution in [1.82, 2.24) is 15.5 Å². The minimum atomic E-state index is -1.09. The van der Waals surface area contributed by atoms with E-state index >= 15 is 0 Å². The number of amides is 3. The second kappa shape index (κ2) is 19.3. The standard InChI is InChI=1S/C47H43N3O8S/c51-29-36-30-59-45-39(44(54)50(45)40(36)47(56)58-42(33-21-10-3-11-22-33)34-23-12-4-13-24-34)49-38(52)28-16-27-37(48-43(53)35-25-14-5-15-26-35)46(55)57-41(31-17-6-1-7-18-31)32-19-8-2-9-20-32/h1-15,17-26,37,39,41-42,45,51H,16,27-30H2,(H,48,53)(H,49,52)/t37?,39-,45-/m1/s1. The summed E-state index contributed by atoms with van der Waals surface area (Å²) in [6.45, 7) is -0.450. The SMILES string of the molecule is O=C(CCCC(NC(=O)c1ccccc1)C(=O)OC(c1ccccc1)c1ccccc1)N[C@@H]1C(=O)N2C(C(=O)OC(c3ccccc3)c3ccccc3)=C(CO)CS[C@H]12. The average Bonchev–Trinajstić information content (AvgIpc) is 3.29. The summed E-state index contributed by atoms with van der Waals surface area (Å²) < 4.78 is 12.2. The van der Waals surface area contributed by atoms with Gasteiger partial charge in [-0.15, -0.1) is 11.8 Å². The second-order valence-corrected chi connectivity index (χ2v) is 15.2. The van der Waals surface area contributed by atoms with Gasteiger partial charge in [-0.1, -0.05) is 140 Å². The van der Waals surface area contributed by atoms with Gasteiger partial charge in [-0.3, -0.25) is 19.3 Å². The van der Waals surface area contributed by atoms with Crippen molar-refractivity contribution in [3.8, 4) is 0 Å². The van der Waals surface area contributed by atoms with Crippen molar-refractivity contribution in [2.24, 2.45) is 0 Å². The molecule has 0 aromatic heterocycles. The predicted molar refractivity (Wildman–Crippen MR) is 222 cm³/mol. The Labute approximate surface area is 346 Å². The van der Waals surface area contributed by atoms with Gasteiger partial charge in [-0.25, -0.2) is 9.59 Å². The molecule has 1 fully saturated rings. The molecule has 2 aliphatic rings. The largest absolute Gasteiger partial charge is 0.451 e. The van der Waals surface area contributed by atoms with E-state index in [9.17, 15) is 29.1 Å². The van der Waals surface area contributed by atoms with E-state index in [1.54, 1.807) is 30.3 Å². The normalized spacial score (nSPS) is 16.5. The van der Waals surface area contributed by atoms with Crippen LogP contribution in [0, 0.1) is 0 Å². The molecule has 0 bridgehead atoms. The highest BCUT2D eigenvalue weighted by molar-refractivity contribution is 8.00. The molecular formula is C47H43N3O8S. The van der Waals surface area contributed by atoms with Gasteiger partial charge in [0.2, 0.25) is 5.91 Å². The summed E-state index contributed by atoms with van der Waals surface area (Å²) in [6, 6.07) is 43.6. The third kappa shape index (κ3) is 9.63. The zero-order chi connectivity index (χ0) is 41.1. The van der Waals surface area contributed by atoms with Crippen LogP contribution in [0.5, 0.6) is 0 Å². The number of carbonyl (C=O) groups excluding carboxylic acids is 5. The molecule has 0 saturated carbocycles. The Balaban J connectivity index is 1.01. The number of thioether (sulfide) groups is 1. The van der Waals surface area contributed by atoms with E-state index in [1.165, 1.54) is 16.7 Å². The minimum absolute atomic E-state index is 0.0246. The van der Waals surface area contributed by atoms with E-state index in [-0.39, 0.29) is 30.7 Å². The van der Waals surface area contributed by atoms with Crippen LogP contribution >= 0.6 is 11.8 Å². The molecule has 11 nitrogen and oxygen atoms in total. The van der Waals surface area contributed by atoms with Crippen LogP contribution in [0.3, 0.4) is 0 Å². The number of aliphatic hydroxyl groups excluding tert-OH is 1. The molecule has 5 aromatic carbocycles. The van der Waals surface area contributed by atoms with Crippen molar-refractivity contribution < 1.29 is 38.6 Å². The van der Waals surface area contributed by atoms with Crippen molar-refractivity contribution in [3.63, 3.8) is 0 Å². The van der Waals surface area contributed by atoms with Crippen LogP contribution in [0.25, 0.3) is 0 Å². The highest BCUT2D eigenvalue weighted by Gasteiger charge is 2.54. The van der Waals surface area contributed by atoms with Gasteiger partial charge < -0.3 is 25.2 Å². The summed E-state index contributed by atoms with van der Waals surface area (Å²) in [5.74, 6) is -2.58. The van der Waals surface area contributed by atoms with Crippen LogP contribution in [0.1, 0.15) is 64.1 Å². The Bertz CT molecular complexity index is 2200. The van der Waals surface area contributed by atoms with E-state index in [2.05, 4.69) is 10.6 Å². The predicted octanol–water partition coefficient (Wildman–Crippen LogP) is 6.27. The molecule has 2 heterocycles. The Kier molecular flexibility index (Phi) is 13.3. The number of benzene rings is 5. The van der Waals surface area contributed by atoms with E-state index in [1.807, 2.05) is 121 Å². The summed E-state index contributed by atoms with van der Waals surface area (Å²) in [5, 5.41) is 15.2. The molecule has 7 rings (SSSR count). The zero-order valence-electron chi connectivity index (χ0n) is 32.0. The molecule has 3 amide bonds. The molecule has 1 saturated heterocycles. The lowest BCUT2D eigenvalue weighted by Gasteiger charge is -2.49. The van der Waals surface area contributed by atoms with Crippen LogP contribution in [0.15, 0.2) is 163 Å². The first-order chi connectivity index (χ1) is 28.8. The maximum absolute atomic E-state index is 13.9. The second-order valence-electron chi connectivity index (χ2n) is 14.1. The van der Waals surface area contributed by atoms with Gasteiger partial charge in [0.15, 0.2) is 12.2 Å². The molecule has 59 heavy (non-hydrogen) atoms. The number of β-lactam (4-membered cyclic amide) rings is 1. The molecule has 12 heteroatoms. The number of hydrogen-bond acceptors (Lipinski definition) is 9. The number of nitrogens with zero attached hydrogens (tertiary/aromatic N) is 1. The first kappa shape index (κ1) is 40.7. The number of rotatable bonds is 16. The van der Waals surface area contributed by atoms with Crippen molar-refractivity contribution in [1.29, 1.82) is 0 Å². The van der Waals surface area contributed by atoms with Gasteiger partial charge >= 0.3 is 11.9 Å². The van der Waals surface area contributed by atoms with Gasteiger partial charge in [0.1, 0.15) is 23.2 Å². The first-order valence-corrected chi connectivity index (χ1v) is 20.4. The van der Waals surface area contributed by atoms with E-state index in [0.29, 0.717) is 11.1 Å². The lowest BCUT2D eigenvalue weighted by Crippen LogP contribution is -2.70. The van der Waals surface area contributed by atoms with Crippen molar-refractivity contribution in [2.45, 2.75) is 48.9 Å². The van der Waals surface area contributed by atoms with Gasteiger partial charge in [0, 0.05) is 17.7 Å². The van der Waals surface area contributed by atoms with Crippen LogP contribution in [-0.4, -0.2) is 69.5 Å². The third-order valence-corrected chi connectivity index (χ3v) is 11.5. The molecule has 5 aromatic rings. The molecule has 2 aliphatic heterocycles. The molecule has 300 valence electrons. The van der Waals surface area contributed by atoms with Gasteiger partial charge in [-0.2, -0.15) is 0 Å². The highest BCUT2D eigenvalue weighted by Crippen LogP contribution is 2.41. The monoisotopic (exact) mass is 809 g/mol. The topological polar surface area (TPSA) is 151 Å². The lowest BCUT2D eigenvalue weighted by atomic mass is 10.0. The number of ether oxygens (including phenoxy) is 2. The number of esters is 2. The molecule has 1 unspecified atom stereocenters. The zero-order valence-corrected chi connectivity index (χ0v) is 32.8. The van der Waals surface area contributed by atoms with Crippen molar-refractivity contribution in [3.05, 3.63) is 191 Å². The maximum atomic E-state index is 13.9. The van der Waals surface area contributed by atoms with Crippen molar-refractivity contribution in [2.75, 3.05) is 12.4 Å². The number of aliphatic hydroxyl groups is 1. The van der Waals surface area contributed by atoms with E-state index in [4.69, 9.17) is 9.47 Å². The summed E-state index contributed by atoms with van der Waals surface area (Å²) in [6.07, 6.45) is -1.31. The Morgan fingerprint density at radius 3 is 1.66 bits per heavy atom. The number of carbonyl (C=O) groups is 5. The Hall–Kier alpha value is -6.50. The quantitative estimate of drug-likeness (QED) is 0.0775.